The van der Waals surface area contributed by atoms with E-state index in [0.717, 1.165) is 61.8 Å². The van der Waals surface area contributed by atoms with Crippen molar-refractivity contribution in [3.63, 3.8) is 0 Å². The third-order valence-corrected chi connectivity index (χ3v) is 9.63. The number of aromatic nitrogens is 2. The first-order valence-corrected chi connectivity index (χ1v) is 16.9. The summed E-state index contributed by atoms with van der Waals surface area (Å²) < 4.78 is 6.65. The maximum atomic E-state index is 6.65. The van der Waals surface area contributed by atoms with Gasteiger partial charge in [-0.25, -0.2) is 9.97 Å². The summed E-state index contributed by atoms with van der Waals surface area (Å²) in [6, 6.07) is 67.8. The molecule has 2 heterocycles. The maximum absolute atomic E-state index is 6.65. The lowest BCUT2D eigenvalue weighted by atomic mass is 9.63. The second-order valence-electron chi connectivity index (χ2n) is 12.6. The summed E-state index contributed by atoms with van der Waals surface area (Å²) in [5, 5.41) is 0. The first-order chi connectivity index (χ1) is 24.8. The van der Waals surface area contributed by atoms with E-state index < -0.39 is 5.41 Å². The Labute approximate surface area is 292 Å². The van der Waals surface area contributed by atoms with Gasteiger partial charge in [0, 0.05) is 27.8 Å². The molecular formula is C47H32N2O. The van der Waals surface area contributed by atoms with Crippen molar-refractivity contribution in [1.82, 2.24) is 9.97 Å². The lowest BCUT2D eigenvalue weighted by Crippen LogP contribution is -2.34. The highest BCUT2D eigenvalue weighted by atomic mass is 16.5. The van der Waals surface area contributed by atoms with Crippen molar-refractivity contribution < 1.29 is 4.74 Å². The Balaban J connectivity index is 1.22. The molecule has 3 nitrogen and oxygen atoms in total. The molecule has 0 saturated heterocycles. The van der Waals surface area contributed by atoms with E-state index in [4.69, 9.17) is 14.7 Å². The van der Waals surface area contributed by atoms with E-state index in [-0.39, 0.29) is 0 Å². The first-order valence-electron chi connectivity index (χ1n) is 16.9. The summed E-state index contributed by atoms with van der Waals surface area (Å²) in [6.07, 6.45) is 0. The number of hydrogen-bond acceptors (Lipinski definition) is 3. The van der Waals surface area contributed by atoms with Gasteiger partial charge in [0.1, 0.15) is 11.5 Å². The van der Waals surface area contributed by atoms with Crippen molar-refractivity contribution >= 4 is 0 Å². The fraction of sp³-hybridized carbons (Fsp3) is 0.0213. The largest absolute Gasteiger partial charge is 0.457 e. The van der Waals surface area contributed by atoms with Crippen LogP contribution in [0.25, 0.3) is 45.0 Å². The van der Waals surface area contributed by atoms with Crippen LogP contribution in [0.3, 0.4) is 0 Å². The molecule has 50 heavy (non-hydrogen) atoms. The van der Waals surface area contributed by atoms with Crippen LogP contribution < -0.4 is 4.74 Å². The maximum Gasteiger partial charge on any atom is 0.160 e. The molecule has 0 saturated carbocycles. The molecule has 0 radical (unpaired) electrons. The van der Waals surface area contributed by atoms with Gasteiger partial charge >= 0.3 is 0 Å². The first kappa shape index (κ1) is 29.6. The molecule has 236 valence electrons. The van der Waals surface area contributed by atoms with Crippen molar-refractivity contribution in [2.75, 3.05) is 0 Å². The number of nitrogens with zero attached hydrogens (tertiary/aromatic N) is 2. The molecule has 3 heteroatoms. The van der Waals surface area contributed by atoms with E-state index in [1.807, 2.05) is 42.5 Å². The highest BCUT2D eigenvalue weighted by Crippen LogP contribution is 2.55. The van der Waals surface area contributed by atoms with Gasteiger partial charge < -0.3 is 4.74 Å². The van der Waals surface area contributed by atoms with Crippen molar-refractivity contribution in [2.24, 2.45) is 0 Å². The summed E-state index contributed by atoms with van der Waals surface area (Å²) >= 11 is 0. The zero-order valence-electron chi connectivity index (χ0n) is 27.3. The number of hydrogen-bond donors (Lipinski definition) is 0. The van der Waals surface area contributed by atoms with Crippen LogP contribution >= 0.6 is 0 Å². The van der Waals surface area contributed by atoms with Crippen LogP contribution in [0, 0.1) is 0 Å². The van der Waals surface area contributed by atoms with Crippen LogP contribution in [0.2, 0.25) is 0 Å². The highest BCUT2D eigenvalue weighted by Gasteiger charge is 2.45. The van der Waals surface area contributed by atoms with E-state index in [1.165, 1.54) is 11.1 Å². The standard InChI is InChI=1S/C47H32N2O/c1-5-16-33(17-6-1)42-32-43(34-18-7-2-8-19-34)49-46(48-42)37-21-15-20-35(30-37)36-28-29-45-41(31-36)47(38-22-9-3-10-23-38,39-24-11-4-12-25-39)40-26-13-14-27-44(40)50-45/h1-32H. The van der Waals surface area contributed by atoms with Gasteiger partial charge in [0.05, 0.1) is 16.8 Å². The van der Waals surface area contributed by atoms with Gasteiger partial charge in [-0.15, -0.1) is 0 Å². The van der Waals surface area contributed by atoms with Gasteiger partial charge in [0.2, 0.25) is 0 Å². The van der Waals surface area contributed by atoms with E-state index in [1.54, 1.807) is 0 Å². The fourth-order valence-corrected chi connectivity index (χ4v) is 7.31. The minimum Gasteiger partial charge on any atom is -0.457 e. The van der Waals surface area contributed by atoms with Crippen LogP contribution in [0.15, 0.2) is 194 Å². The molecule has 9 rings (SSSR count). The Hall–Kier alpha value is -6.58. The van der Waals surface area contributed by atoms with Gasteiger partial charge in [-0.05, 0) is 52.6 Å². The Morgan fingerprint density at radius 3 is 1.44 bits per heavy atom. The predicted octanol–water partition coefficient (Wildman–Crippen LogP) is 11.6. The third kappa shape index (κ3) is 5.08. The average molecular weight is 641 g/mol. The minimum atomic E-state index is -0.585. The molecule has 0 spiro atoms. The van der Waals surface area contributed by atoms with E-state index >= 15 is 0 Å². The summed E-state index contributed by atoms with van der Waals surface area (Å²) in [7, 11) is 0. The smallest absolute Gasteiger partial charge is 0.160 e. The van der Waals surface area contributed by atoms with E-state index in [2.05, 4.69) is 152 Å². The molecule has 0 amide bonds. The quantitative estimate of drug-likeness (QED) is 0.181. The molecule has 8 aromatic rings. The van der Waals surface area contributed by atoms with Gasteiger partial charge in [0.25, 0.3) is 0 Å². The topological polar surface area (TPSA) is 35.0 Å². The number of fused-ring (bicyclic) bond motifs is 2. The van der Waals surface area contributed by atoms with E-state index in [0.29, 0.717) is 5.82 Å². The third-order valence-electron chi connectivity index (χ3n) is 9.63. The predicted molar refractivity (Wildman–Crippen MR) is 202 cm³/mol. The van der Waals surface area contributed by atoms with Crippen molar-refractivity contribution in [2.45, 2.75) is 5.41 Å². The number of rotatable bonds is 6. The Kier molecular flexibility index (Phi) is 7.37. The van der Waals surface area contributed by atoms with Crippen molar-refractivity contribution in [3.05, 3.63) is 216 Å². The zero-order valence-corrected chi connectivity index (χ0v) is 27.3. The second kappa shape index (κ2) is 12.5. The van der Waals surface area contributed by atoms with Gasteiger partial charge in [-0.2, -0.15) is 0 Å². The molecule has 1 aliphatic heterocycles. The number of benzene rings is 7. The highest BCUT2D eigenvalue weighted by molar-refractivity contribution is 5.78. The molecule has 0 aliphatic carbocycles. The van der Waals surface area contributed by atoms with Crippen molar-refractivity contribution in [1.29, 1.82) is 0 Å². The summed E-state index contributed by atoms with van der Waals surface area (Å²) in [5.41, 5.74) is 11.0. The number of para-hydroxylation sites is 1. The van der Waals surface area contributed by atoms with Gasteiger partial charge in [0.15, 0.2) is 5.82 Å². The molecule has 1 aliphatic rings. The Morgan fingerprint density at radius 1 is 0.340 bits per heavy atom. The van der Waals surface area contributed by atoms with Crippen molar-refractivity contribution in [3.8, 4) is 56.5 Å². The zero-order chi connectivity index (χ0) is 33.3. The molecule has 0 unspecified atom stereocenters. The van der Waals surface area contributed by atoms with Crippen LogP contribution in [-0.2, 0) is 5.41 Å². The number of ether oxygens (including phenoxy) is 1. The average Bonchev–Trinajstić information content (AvgIpc) is 3.21. The Bertz CT molecular complexity index is 2350. The molecule has 0 N–H and O–H groups in total. The molecule has 7 aromatic carbocycles. The van der Waals surface area contributed by atoms with Crippen LogP contribution in [0.5, 0.6) is 11.5 Å². The molecule has 0 bridgehead atoms. The lowest BCUT2D eigenvalue weighted by Gasteiger charge is -2.41. The van der Waals surface area contributed by atoms with Gasteiger partial charge in [-0.3, -0.25) is 0 Å². The van der Waals surface area contributed by atoms with Crippen LogP contribution in [0.4, 0.5) is 0 Å². The molecule has 1 aromatic heterocycles. The van der Waals surface area contributed by atoms with Crippen LogP contribution in [-0.4, -0.2) is 9.97 Å². The normalized spacial score (nSPS) is 12.7. The van der Waals surface area contributed by atoms with Crippen LogP contribution in [0.1, 0.15) is 22.3 Å². The van der Waals surface area contributed by atoms with E-state index in [9.17, 15) is 0 Å². The second-order valence-corrected chi connectivity index (χ2v) is 12.6. The van der Waals surface area contributed by atoms with Gasteiger partial charge in [-0.1, -0.05) is 164 Å². The summed E-state index contributed by atoms with van der Waals surface area (Å²) in [5.74, 6) is 2.40. The molecule has 0 atom stereocenters. The lowest BCUT2D eigenvalue weighted by molar-refractivity contribution is 0.434. The summed E-state index contributed by atoms with van der Waals surface area (Å²) in [6.45, 7) is 0. The summed E-state index contributed by atoms with van der Waals surface area (Å²) in [4.78, 5) is 10.2. The molecular weight excluding hydrogens is 609 g/mol. The minimum absolute atomic E-state index is 0.585. The fourth-order valence-electron chi connectivity index (χ4n) is 7.31. The monoisotopic (exact) mass is 640 g/mol. The molecule has 0 fully saturated rings. The SMILES string of the molecule is c1ccc(-c2cc(-c3ccccc3)nc(-c3cccc(-c4ccc5c(c4)C(c4ccccc4)(c4ccccc4)c4ccccc4O5)c3)n2)cc1. The Morgan fingerprint density at radius 2 is 0.820 bits per heavy atom.